The number of hydrogen-bond donors (Lipinski definition) is 1. The number of anilines is 1. The topological polar surface area (TPSA) is 68.5 Å². The van der Waals surface area contributed by atoms with Gasteiger partial charge in [0, 0.05) is 23.6 Å². The lowest BCUT2D eigenvalue weighted by atomic mass is 10.1. The van der Waals surface area contributed by atoms with Crippen LogP contribution >= 0.6 is 0 Å². The molecule has 144 valence electrons. The Kier molecular flexibility index (Phi) is 5.42. The molecule has 0 aliphatic heterocycles. The number of benzene rings is 2. The molecule has 1 N–H and O–H groups in total. The summed E-state index contributed by atoms with van der Waals surface area (Å²) in [6.45, 7) is 0. The van der Waals surface area contributed by atoms with Crippen LogP contribution in [0.4, 0.5) is 5.69 Å². The largest absolute Gasteiger partial charge is 0.490 e. The normalized spacial score (nSPS) is 14.3. The van der Waals surface area contributed by atoms with Gasteiger partial charge in [0.05, 0.1) is 6.10 Å². The van der Waals surface area contributed by atoms with E-state index in [2.05, 4.69) is 5.32 Å². The second-order valence-electron chi connectivity index (χ2n) is 7.23. The molecule has 1 heterocycles. The first-order valence-electron chi connectivity index (χ1n) is 9.75. The van der Waals surface area contributed by atoms with E-state index in [1.807, 2.05) is 24.3 Å². The molecule has 2 aromatic carbocycles. The van der Waals surface area contributed by atoms with Crippen LogP contribution in [0.1, 0.15) is 37.7 Å². The monoisotopic (exact) mass is 377 g/mol. The Morgan fingerprint density at radius 1 is 1.07 bits per heavy atom. The van der Waals surface area contributed by atoms with Gasteiger partial charge in [-0.05, 0) is 74.1 Å². The minimum atomic E-state index is -0.386. The van der Waals surface area contributed by atoms with Crippen molar-refractivity contribution < 1.29 is 13.9 Å². The summed E-state index contributed by atoms with van der Waals surface area (Å²) in [6.07, 6.45) is 6.10. The molecule has 5 heteroatoms. The summed E-state index contributed by atoms with van der Waals surface area (Å²) in [5.74, 6) is 0.833. The molecule has 1 aliphatic rings. The van der Waals surface area contributed by atoms with Crippen molar-refractivity contribution in [3.05, 3.63) is 70.6 Å². The summed E-state index contributed by atoms with van der Waals surface area (Å²) in [7, 11) is 0. The first-order chi connectivity index (χ1) is 13.7. The average Bonchev–Trinajstić information content (AvgIpc) is 3.20. The van der Waals surface area contributed by atoms with E-state index in [4.69, 9.17) is 9.15 Å². The molecular weight excluding hydrogens is 354 g/mol. The maximum atomic E-state index is 12.3. The average molecular weight is 377 g/mol. The zero-order chi connectivity index (χ0) is 19.3. The van der Waals surface area contributed by atoms with E-state index in [1.54, 1.807) is 24.3 Å². The molecule has 0 unspecified atom stereocenters. The molecule has 0 atom stereocenters. The molecule has 0 spiro atoms. The first kappa shape index (κ1) is 18.3. The Balaban J connectivity index is 1.34. The number of carbonyl (C=O) groups excluding carboxylic acids is 1. The van der Waals surface area contributed by atoms with E-state index >= 15 is 0 Å². The molecule has 0 saturated heterocycles. The second-order valence-corrected chi connectivity index (χ2v) is 7.23. The maximum absolute atomic E-state index is 12.3. The van der Waals surface area contributed by atoms with Crippen LogP contribution < -0.4 is 15.7 Å². The van der Waals surface area contributed by atoms with Crippen molar-refractivity contribution in [2.45, 2.75) is 44.6 Å². The van der Waals surface area contributed by atoms with Crippen molar-refractivity contribution in [1.82, 2.24) is 0 Å². The lowest BCUT2D eigenvalue weighted by Crippen LogP contribution is -2.13. The number of hydrogen-bond acceptors (Lipinski definition) is 4. The summed E-state index contributed by atoms with van der Waals surface area (Å²) in [5.41, 5.74) is 1.89. The lowest BCUT2D eigenvalue weighted by molar-refractivity contribution is -0.116. The van der Waals surface area contributed by atoms with Crippen LogP contribution in [0.3, 0.4) is 0 Å². The summed E-state index contributed by atoms with van der Waals surface area (Å²) < 4.78 is 11.1. The second kappa shape index (κ2) is 8.30. The Bertz CT molecular complexity index is 1030. The van der Waals surface area contributed by atoms with Crippen molar-refractivity contribution >= 4 is 22.6 Å². The number of aryl methyl sites for hydroxylation is 1. The molecule has 1 aliphatic carbocycles. The highest BCUT2D eigenvalue weighted by Crippen LogP contribution is 2.25. The molecule has 28 heavy (non-hydrogen) atoms. The lowest BCUT2D eigenvalue weighted by Gasteiger charge is -2.14. The molecule has 4 rings (SSSR count). The van der Waals surface area contributed by atoms with Crippen molar-refractivity contribution in [2.24, 2.45) is 0 Å². The van der Waals surface area contributed by atoms with Crippen LogP contribution in [0.5, 0.6) is 5.75 Å². The zero-order valence-corrected chi connectivity index (χ0v) is 15.6. The van der Waals surface area contributed by atoms with Crippen LogP contribution in [-0.4, -0.2) is 12.0 Å². The van der Waals surface area contributed by atoms with Crippen LogP contribution in [0.2, 0.25) is 0 Å². The van der Waals surface area contributed by atoms with E-state index in [0.29, 0.717) is 30.2 Å². The van der Waals surface area contributed by atoms with Gasteiger partial charge in [0.25, 0.3) is 0 Å². The summed E-state index contributed by atoms with van der Waals surface area (Å²) in [5, 5.41) is 3.67. The van der Waals surface area contributed by atoms with Gasteiger partial charge >= 0.3 is 5.63 Å². The molecule has 1 aromatic heterocycles. The van der Waals surface area contributed by atoms with E-state index in [-0.39, 0.29) is 11.5 Å². The standard InChI is InChI=1S/C23H23NO4/c25-22(24-18-10-11-21-17(15-18)9-13-23(26)28-21)12-8-16-4-3-7-20(14-16)27-19-5-1-2-6-19/h3-4,7,9-11,13-15,19H,1-2,5-6,8,12H2,(H,24,25). The van der Waals surface area contributed by atoms with Gasteiger partial charge in [0.2, 0.25) is 5.91 Å². The summed E-state index contributed by atoms with van der Waals surface area (Å²) in [4.78, 5) is 23.6. The number of carbonyl (C=O) groups is 1. The van der Waals surface area contributed by atoms with Gasteiger partial charge in [-0.15, -0.1) is 0 Å². The molecule has 0 radical (unpaired) electrons. The van der Waals surface area contributed by atoms with E-state index in [9.17, 15) is 9.59 Å². The number of rotatable bonds is 6. The highest BCUT2D eigenvalue weighted by Gasteiger charge is 2.16. The molecule has 0 bridgehead atoms. The molecule has 5 nitrogen and oxygen atoms in total. The van der Waals surface area contributed by atoms with Crippen molar-refractivity contribution in [3.63, 3.8) is 0 Å². The SMILES string of the molecule is O=C(CCc1cccc(OC2CCCC2)c1)Nc1ccc2oc(=O)ccc2c1. The fraction of sp³-hybridized carbons (Fsp3) is 0.304. The molecule has 3 aromatic rings. The van der Waals surface area contributed by atoms with E-state index in [1.165, 1.54) is 18.9 Å². The Hall–Kier alpha value is -3.08. The highest BCUT2D eigenvalue weighted by atomic mass is 16.5. The Morgan fingerprint density at radius 2 is 1.93 bits per heavy atom. The van der Waals surface area contributed by atoms with Gasteiger partial charge in [-0.2, -0.15) is 0 Å². The third-order valence-corrected chi connectivity index (χ3v) is 5.05. The van der Waals surface area contributed by atoms with Crippen molar-refractivity contribution in [3.8, 4) is 5.75 Å². The zero-order valence-electron chi connectivity index (χ0n) is 15.6. The van der Waals surface area contributed by atoms with Crippen molar-refractivity contribution in [1.29, 1.82) is 0 Å². The van der Waals surface area contributed by atoms with Crippen LogP contribution in [0, 0.1) is 0 Å². The van der Waals surface area contributed by atoms with Crippen LogP contribution in [0.25, 0.3) is 11.0 Å². The minimum Gasteiger partial charge on any atom is -0.490 e. The van der Waals surface area contributed by atoms with Crippen molar-refractivity contribution in [2.75, 3.05) is 5.32 Å². The van der Waals surface area contributed by atoms with Gasteiger partial charge in [-0.3, -0.25) is 4.79 Å². The molecule has 1 fully saturated rings. The van der Waals surface area contributed by atoms with E-state index < -0.39 is 0 Å². The predicted molar refractivity (Wildman–Crippen MR) is 109 cm³/mol. The van der Waals surface area contributed by atoms with Gasteiger partial charge in [0.1, 0.15) is 11.3 Å². The molecule has 1 saturated carbocycles. The van der Waals surface area contributed by atoms with Gasteiger partial charge in [-0.1, -0.05) is 12.1 Å². The Labute approximate surface area is 163 Å². The fourth-order valence-electron chi connectivity index (χ4n) is 3.60. The predicted octanol–water partition coefficient (Wildman–Crippen LogP) is 4.69. The summed E-state index contributed by atoms with van der Waals surface area (Å²) >= 11 is 0. The number of nitrogens with one attached hydrogen (secondary N) is 1. The van der Waals surface area contributed by atoms with Gasteiger partial charge in [-0.25, -0.2) is 4.79 Å². The highest BCUT2D eigenvalue weighted by molar-refractivity contribution is 5.93. The maximum Gasteiger partial charge on any atom is 0.336 e. The third kappa shape index (κ3) is 4.60. The van der Waals surface area contributed by atoms with Gasteiger partial charge < -0.3 is 14.5 Å². The molecular formula is C23H23NO4. The van der Waals surface area contributed by atoms with Gasteiger partial charge in [0.15, 0.2) is 0 Å². The van der Waals surface area contributed by atoms with E-state index in [0.717, 1.165) is 29.5 Å². The summed E-state index contributed by atoms with van der Waals surface area (Å²) in [6, 6.07) is 16.3. The smallest absolute Gasteiger partial charge is 0.336 e. The van der Waals surface area contributed by atoms with Crippen LogP contribution in [0.15, 0.2) is 63.8 Å². The fourth-order valence-corrected chi connectivity index (χ4v) is 3.60. The quantitative estimate of drug-likeness (QED) is 0.633. The number of fused-ring (bicyclic) bond motifs is 1. The third-order valence-electron chi connectivity index (χ3n) is 5.05. The van der Waals surface area contributed by atoms with Crippen LogP contribution in [-0.2, 0) is 11.2 Å². The Morgan fingerprint density at radius 3 is 2.79 bits per heavy atom. The first-order valence-corrected chi connectivity index (χ1v) is 9.75. The number of amides is 1. The number of ether oxygens (including phenoxy) is 1. The molecule has 1 amide bonds. The minimum absolute atomic E-state index is 0.0566.